The number of benzene rings is 1. The number of nitro groups is 1. The van der Waals surface area contributed by atoms with E-state index < -0.39 is 4.92 Å². The number of rotatable bonds is 5. The molecule has 0 unspecified atom stereocenters. The summed E-state index contributed by atoms with van der Waals surface area (Å²) >= 11 is 1.39. The van der Waals surface area contributed by atoms with E-state index in [9.17, 15) is 10.1 Å². The van der Waals surface area contributed by atoms with Gasteiger partial charge >= 0.3 is 5.69 Å². The Kier molecular flexibility index (Phi) is 3.30. The molecule has 8 heteroatoms. The van der Waals surface area contributed by atoms with Crippen LogP contribution in [0.2, 0.25) is 0 Å². The zero-order valence-electron chi connectivity index (χ0n) is 10.4. The average molecular weight is 289 g/mol. The minimum atomic E-state index is -0.391. The number of aromatic nitrogens is 3. The van der Waals surface area contributed by atoms with Gasteiger partial charge in [0.15, 0.2) is 5.52 Å². The number of fused-ring (bicyclic) bond motifs is 1. The van der Waals surface area contributed by atoms with Crippen LogP contribution in [0.15, 0.2) is 36.1 Å². The SMILES string of the molecule is O=[N+]([O-])c1c(NCCn2cccn2)ccc2scnc12. The maximum atomic E-state index is 11.2. The fourth-order valence-corrected chi connectivity index (χ4v) is 2.66. The molecule has 0 radical (unpaired) electrons. The predicted octanol–water partition coefficient (Wildman–Crippen LogP) is 2.51. The largest absolute Gasteiger partial charge is 0.378 e. The molecule has 1 N–H and O–H groups in total. The van der Waals surface area contributed by atoms with Crippen LogP contribution in [0.25, 0.3) is 10.2 Å². The molecule has 102 valence electrons. The van der Waals surface area contributed by atoms with Gasteiger partial charge < -0.3 is 5.32 Å². The highest BCUT2D eigenvalue weighted by Crippen LogP contribution is 2.34. The zero-order chi connectivity index (χ0) is 13.9. The first-order chi connectivity index (χ1) is 9.75. The molecule has 1 aromatic carbocycles. The lowest BCUT2D eigenvalue weighted by atomic mass is 10.2. The Morgan fingerprint density at radius 2 is 2.35 bits per heavy atom. The number of hydrogen-bond acceptors (Lipinski definition) is 6. The van der Waals surface area contributed by atoms with Gasteiger partial charge in [-0.3, -0.25) is 14.8 Å². The molecule has 0 bridgehead atoms. The zero-order valence-corrected chi connectivity index (χ0v) is 11.2. The molecule has 2 aromatic heterocycles. The van der Waals surface area contributed by atoms with Crippen LogP contribution in [0.1, 0.15) is 0 Å². The number of hydrogen-bond donors (Lipinski definition) is 1. The molecule has 0 saturated heterocycles. The van der Waals surface area contributed by atoms with Gasteiger partial charge in [-0.1, -0.05) is 0 Å². The number of thiazole rings is 1. The second-order valence-corrected chi connectivity index (χ2v) is 5.00. The highest BCUT2D eigenvalue weighted by atomic mass is 32.1. The molecular weight excluding hydrogens is 278 g/mol. The smallest absolute Gasteiger partial charge is 0.319 e. The van der Waals surface area contributed by atoms with Crippen molar-refractivity contribution in [3.05, 3.63) is 46.2 Å². The van der Waals surface area contributed by atoms with E-state index in [1.165, 1.54) is 11.3 Å². The Hall–Kier alpha value is -2.48. The molecule has 0 amide bonds. The maximum absolute atomic E-state index is 11.2. The molecular formula is C12H11N5O2S. The number of nitro benzene ring substituents is 1. The molecule has 3 aromatic rings. The Labute approximate surface area is 118 Å². The Morgan fingerprint density at radius 1 is 1.45 bits per heavy atom. The standard InChI is InChI=1S/C12H11N5O2S/c18-17(19)12-9(2-3-10-11(12)14-8-20-10)13-5-7-16-6-1-4-15-16/h1-4,6,8,13H,5,7H2. The summed E-state index contributed by atoms with van der Waals surface area (Å²) in [5, 5.41) is 18.4. The van der Waals surface area contributed by atoms with Crippen molar-refractivity contribution < 1.29 is 4.92 Å². The van der Waals surface area contributed by atoms with E-state index in [-0.39, 0.29) is 5.69 Å². The van der Waals surface area contributed by atoms with Crippen molar-refractivity contribution in [3.63, 3.8) is 0 Å². The van der Waals surface area contributed by atoms with E-state index in [0.29, 0.717) is 24.3 Å². The molecule has 7 nitrogen and oxygen atoms in total. The number of nitrogens with zero attached hydrogens (tertiary/aromatic N) is 4. The van der Waals surface area contributed by atoms with E-state index >= 15 is 0 Å². The summed E-state index contributed by atoms with van der Waals surface area (Å²) < 4.78 is 2.58. The molecule has 3 rings (SSSR count). The molecule has 2 heterocycles. The van der Waals surface area contributed by atoms with E-state index in [2.05, 4.69) is 15.4 Å². The van der Waals surface area contributed by atoms with E-state index in [1.54, 1.807) is 22.5 Å². The lowest BCUT2D eigenvalue weighted by molar-refractivity contribution is -0.382. The van der Waals surface area contributed by atoms with Crippen LogP contribution in [0, 0.1) is 10.1 Å². The molecule has 0 saturated carbocycles. The summed E-state index contributed by atoms with van der Waals surface area (Å²) in [4.78, 5) is 14.9. The van der Waals surface area contributed by atoms with Gasteiger partial charge in [0.05, 0.1) is 21.7 Å². The Balaban J connectivity index is 1.83. The lowest BCUT2D eigenvalue weighted by Gasteiger charge is -2.07. The quantitative estimate of drug-likeness (QED) is 0.576. The topological polar surface area (TPSA) is 85.9 Å². The third-order valence-electron chi connectivity index (χ3n) is 2.87. The van der Waals surface area contributed by atoms with Crippen LogP contribution in [0.4, 0.5) is 11.4 Å². The predicted molar refractivity (Wildman–Crippen MR) is 77.0 cm³/mol. The maximum Gasteiger partial charge on any atom is 0.319 e. The van der Waals surface area contributed by atoms with Gasteiger partial charge in [0, 0.05) is 18.9 Å². The first-order valence-corrected chi connectivity index (χ1v) is 6.85. The minimum absolute atomic E-state index is 0.0317. The van der Waals surface area contributed by atoms with Gasteiger partial charge in [-0.05, 0) is 18.2 Å². The monoisotopic (exact) mass is 289 g/mol. The van der Waals surface area contributed by atoms with Crippen LogP contribution in [-0.2, 0) is 6.54 Å². The van der Waals surface area contributed by atoms with E-state index in [1.807, 2.05) is 18.3 Å². The summed E-state index contributed by atoms with van der Waals surface area (Å²) in [5.41, 5.74) is 2.57. The molecule has 0 atom stereocenters. The molecule has 20 heavy (non-hydrogen) atoms. The third kappa shape index (κ3) is 2.32. The molecule has 0 aliphatic heterocycles. The van der Waals surface area contributed by atoms with Gasteiger partial charge in [0.1, 0.15) is 5.69 Å². The molecule has 0 aliphatic rings. The first kappa shape index (κ1) is 12.5. The highest BCUT2D eigenvalue weighted by Gasteiger charge is 2.20. The lowest BCUT2D eigenvalue weighted by Crippen LogP contribution is -2.11. The van der Waals surface area contributed by atoms with Crippen LogP contribution in [0.5, 0.6) is 0 Å². The summed E-state index contributed by atoms with van der Waals surface area (Å²) in [7, 11) is 0. The van der Waals surface area contributed by atoms with Gasteiger partial charge in [-0.15, -0.1) is 11.3 Å². The normalized spacial score (nSPS) is 10.8. The molecule has 0 spiro atoms. The fourth-order valence-electron chi connectivity index (χ4n) is 1.98. The van der Waals surface area contributed by atoms with Crippen molar-refractivity contribution in [2.45, 2.75) is 6.54 Å². The molecule has 0 aliphatic carbocycles. The van der Waals surface area contributed by atoms with Crippen molar-refractivity contribution in [1.82, 2.24) is 14.8 Å². The van der Waals surface area contributed by atoms with Crippen LogP contribution in [0.3, 0.4) is 0 Å². The van der Waals surface area contributed by atoms with Crippen molar-refractivity contribution in [3.8, 4) is 0 Å². The third-order valence-corrected chi connectivity index (χ3v) is 3.67. The Bertz CT molecular complexity index is 737. The van der Waals surface area contributed by atoms with Crippen LogP contribution < -0.4 is 5.32 Å². The summed E-state index contributed by atoms with van der Waals surface area (Å²) in [6.07, 6.45) is 3.55. The second kappa shape index (κ2) is 5.25. The summed E-state index contributed by atoms with van der Waals surface area (Å²) in [5.74, 6) is 0. The minimum Gasteiger partial charge on any atom is -0.378 e. The van der Waals surface area contributed by atoms with Crippen molar-refractivity contribution in [1.29, 1.82) is 0 Å². The summed E-state index contributed by atoms with van der Waals surface area (Å²) in [6.45, 7) is 1.19. The number of anilines is 1. The van der Waals surface area contributed by atoms with Gasteiger partial charge in [-0.2, -0.15) is 5.10 Å². The summed E-state index contributed by atoms with van der Waals surface area (Å²) in [6, 6.07) is 5.40. The van der Waals surface area contributed by atoms with Crippen LogP contribution in [-0.4, -0.2) is 26.2 Å². The average Bonchev–Trinajstić information content (AvgIpc) is 3.07. The van der Waals surface area contributed by atoms with E-state index in [4.69, 9.17) is 0 Å². The Morgan fingerprint density at radius 3 is 3.10 bits per heavy atom. The van der Waals surface area contributed by atoms with Gasteiger partial charge in [0.25, 0.3) is 0 Å². The van der Waals surface area contributed by atoms with Gasteiger partial charge in [-0.25, -0.2) is 4.98 Å². The van der Waals surface area contributed by atoms with E-state index in [0.717, 1.165) is 4.70 Å². The fraction of sp³-hybridized carbons (Fsp3) is 0.167. The number of nitrogens with one attached hydrogen (secondary N) is 1. The molecule has 0 fully saturated rings. The van der Waals surface area contributed by atoms with Crippen LogP contribution >= 0.6 is 11.3 Å². The second-order valence-electron chi connectivity index (χ2n) is 4.11. The van der Waals surface area contributed by atoms with Crippen molar-refractivity contribution in [2.24, 2.45) is 0 Å². The van der Waals surface area contributed by atoms with Crippen molar-refractivity contribution >= 4 is 32.9 Å². The van der Waals surface area contributed by atoms with Crippen molar-refractivity contribution in [2.75, 3.05) is 11.9 Å². The highest BCUT2D eigenvalue weighted by molar-refractivity contribution is 7.16. The van der Waals surface area contributed by atoms with Gasteiger partial charge in [0.2, 0.25) is 0 Å². The first-order valence-electron chi connectivity index (χ1n) is 5.97.